The van der Waals surface area contributed by atoms with Gasteiger partial charge < -0.3 is 26.0 Å². The molecule has 3 amide bonds. The van der Waals surface area contributed by atoms with Crippen molar-refractivity contribution in [1.29, 1.82) is 0 Å². The van der Waals surface area contributed by atoms with E-state index in [2.05, 4.69) is 16.0 Å². The van der Waals surface area contributed by atoms with Crippen molar-refractivity contribution < 1.29 is 27.9 Å². The van der Waals surface area contributed by atoms with Gasteiger partial charge in [-0.2, -0.15) is 0 Å². The molecule has 262 valence electrons. The molecule has 50 heavy (non-hydrogen) atoms. The fraction of sp³-hybridized carbons (Fsp3) is 0.289. The molecule has 1 aliphatic rings. The highest BCUT2D eigenvalue weighted by atomic mass is 32.2. The summed E-state index contributed by atoms with van der Waals surface area (Å²) < 4.78 is 26.0. The number of rotatable bonds is 13. The normalized spacial score (nSPS) is 16.6. The third-order valence-corrected chi connectivity index (χ3v) is 10.1. The molecule has 4 N–H and O–H groups in total. The lowest BCUT2D eigenvalue weighted by molar-refractivity contribution is -0.140. The maximum absolute atomic E-state index is 14.0. The van der Waals surface area contributed by atoms with E-state index in [9.17, 15) is 27.9 Å². The minimum atomic E-state index is -3.75. The van der Waals surface area contributed by atoms with Gasteiger partial charge in [0.05, 0.1) is 30.1 Å². The van der Waals surface area contributed by atoms with Crippen LogP contribution in [0.15, 0.2) is 109 Å². The van der Waals surface area contributed by atoms with Crippen molar-refractivity contribution in [2.24, 2.45) is 0 Å². The fourth-order valence-electron chi connectivity index (χ4n) is 5.94. The maximum Gasteiger partial charge on any atom is 0.251 e. The Hall–Kier alpha value is -5.04. The van der Waals surface area contributed by atoms with Gasteiger partial charge in [-0.1, -0.05) is 91.0 Å². The average molecular weight is 698 g/mol. The number of anilines is 1. The van der Waals surface area contributed by atoms with Gasteiger partial charge in [0.25, 0.3) is 11.8 Å². The van der Waals surface area contributed by atoms with Crippen LogP contribution in [0.5, 0.6) is 0 Å². The summed E-state index contributed by atoms with van der Waals surface area (Å²) in [5, 5.41) is 20.7. The van der Waals surface area contributed by atoms with Gasteiger partial charge in [-0.15, -0.1) is 0 Å². The number of carbonyl (C=O) groups is 3. The first-order chi connectivity index (χ1) is 23.9. The highest BCUT2D eigenvalue weighted by Crippen LogP contribution is 2.23. The molecule has 4 aromatic rings. The molecule has 1 fully saturated rings. The zero-order valence-electron chi connectivity index (χ0n) is 28.3. The zero-order chi connectivity index (χ0) is 35.8. The number of nitrogens with zero attached hydrogens (tertiary/aromatic N) is 2. The molecule has 0 radical (unpaired) electrons. The lowest BCUT2D eigenvalue weighted by atomic mass is 9.94. The van der Waals surface area contributed by atoms with E-state index in [1.807, 2.05) is 97.9 Å². The molecule has 12 heteroatoms. The number of hydrogen-bond donors (Lipinski definition) is 4. The van der Waals surface area contributed by atoms with E-state index in [1.165, 1.54) is 25.2 Å². The summed E-state index contributed by atoms with van der Waals surface area (Å²) >= 11 is 0. The van der Waals surface area contributed by atoms with Crippen LogP contribution in [-0.4, -0.2) is 80.7 Å². The first kappa shape index (κ1) is 36.2. The minimum Gasteiger partial charge on any atom is -0.389 e. The highest BCUT2D eigenvalue weighted by molar-refractivity contribution is 7.92. The monoisotopic (exact) mass is 697 g/mol. The van der Waals surface area contributed by atoms with Crippen LogP contribution in [0.25, 0.3) is 0 Å². The number of benzene rings is 4. The third-order valence-electron chi connectivity index (χ3n) is 8.86. The number of carbonyl (C=O) groups excluding carboxylic acids is 3. The Morgan fingerprint density at radius 3 is 2.00 bits per heavy atom. The number of sulfonamides is 1. The molecule has 5 rings (SSSR count). The van der Waals surface area contributed by atoms with E-state index in [-0.39, 0.29) is 35.2 Å². The van der Waals surface area contributed by atoms with Gasteiger partial charge in [0.2, 0.25) is 15.9 Å². The molecular formula is C38H43N5O6S. The van der Waals surface area contributed by atoms with Crippen molar-refractivity contribution in [1.82, 2.24) is 20.9 Å². The molecule has 4 atom stereocenters. The third kappa shape index (κ3) is 9.14. The molecule has 0 unspecified atom stereocenters. The molecule has 0 aliphatic carbocycles. The Bertz CT molecular complexity index is 1890. The van der Waals surface area contributed by atoms with Crippen molar-refractivity contribution >= 4 is 33.4 Å². The second-order valence-corrected chi connectivity index (χ2v) is 14.6. The highest BCUT2D eigenvalue weighted by Gasteiger charge is 2.38. The molecule has 11 nitrogen and oxygen atoms in total. The first-order valence-corrected chi connectivity index (χ1v) is 18.3. The van der Waals surface area contributed by atoms with E-state index in [0.29, 0.717) is 19.6 Å². The summed E-state index contributed by atoms with van der Waals surface area (Å²) in [4.78, 5) is 42.9. The van der Waals surface area contributed by atoms with Crippen LogP contribution < -0.4 is 20.3 Å². The van der Waals surface area contributed by atoms with Crippen LogP contribution in [0.4, 0.5) is 5.69 Å². The van der Waals surface area contributed by atoms with Crippen LogP contribution in [0, 0.1) is 0 Å². The summed E-state index contributed by atoms with van der Waals surface area (Å²) in [5.74, 6) is -1.44. The van der Waals surface area contributed by atoms with E-state index in [1.54, 1.807) is 4.90 Å². The number of aliphatic hydroxyl groups excluding tert-OH is 1. The van der Waals surface area contributed by atoms with Crippen molar-refractivity contribution in [3.8, 4) is 0 Å². The predicted octanol–water partition coefficient (Wildman–Crippen LogP) is 3.28. The molecule has 0 saturated carbocycles. The van der Waals surface area contributed by atoms with Crippen LogP contribution in [0.1, 0.15) is 50.4 Å². The molecule has 0 aromatic heterocycles. The van der Waals surface area contributed by atoms with Crippen LogP contribution >= 0.6 is 0 Å². The Balaban J connectivity index is 1.43. The SMILES string of the molecule is C[C@@H](NC(=O)c1cc(C(=O)N[C@@H](Cc2ccccc2)[C@H](O)[C@@H]2NCCN(Cc3ccccc3)C2=O)cc(N(C)S(C)(=O)=O)c1)c1ccccc1. The second kappa shape index (κ2) is 16.1. The van der Waals surface area contributed by atoms with Gasteiger partial charge in [0.1, 0.15) is 6.04 Å². The van der Waals surface area contributed by atoms with Gasteiger partial charge in [-0.3, -0.25) is 18.7 Å². The second-order valence-electron chi connectivity index (χ2n) is 12.5. The van der Waals surface area contributed by atoms with Crippen molar-refractivity contribution in [2.45, 2.75) is 44.1 Å². The van der Waals surface area contributed by atoms with E-state index in [0.717, 1.165) is 27.3 Å². The fourth-order valence-corrected chi connectivity index (χ4v) is 6.43. The van der Waals surface area contributed by atoms with Crippen molar-refractivity contribution in [2.75, 3.05) is 30.7 Å². The smallest absolute Gasteiger partial charge is 0.251 e. The van der Waals surface area contributed by atoms with Gasteiger partial charge in [0, 0.05) is 37.8 Å². The molecule has 1 aliphatic heterocycles. The van der Waals surface area contributed by atoms with Crippen molar-refractivity contribution in [3.63, 3.8) is 0 Å². The first-order valence-electron chi connectivity index (χ1n) is 16.4. The van der Waals surface area contributed by atoms with E-state index < -0.39 is 40.0 Å². The van der Waals surface area contributed by atoms with E-state index >= 15 is 0 Å². The quantitative estimate of drug-likeness (QED) is 0.168. The Morgan fingerprint density at radius 1 is 0.880 bits per heavy atom. The molecule has 4 aromatic carbocycles. The number of aliphatic hydroxyl groups is 1. The lowest BCUT2D eigenvalue weighted by Crippen LogP contribution is -2.63. The number of amides is 3. The molecule has 0 bridgehead atoms. The molecule has 1 saturated heterocycles. The topological polar surface area (TPSA) is 148 Å². The largest absolute Gasteiger partial charge is 0.389 e. The summed E-state index contributed by atoms with van der Waals surface area (Å²) in [6.07, 6.45) is -0.108. The number of piperazine rings is 1. The zero-order valence-corrected chi connectivity index (χ0v) is 29.1. The number of nitrogens with one attached hydrogen (secondary N) is 3. The maximum atomic E-state index is 14.0. The molecule has 0 spiro atoms. The van der Waals surface area contributed by atoms with Gasteiger partial charge in [-0.25, -0.2) is 8.42 Å². The predicted molar refractivity (Wildman–Crippen MR) is 193 cm³/mol. The summed E-state index contributed by atoms with van der Waals surface area (Å²) in [5.41, 5.74) is 2.85. The summed E-state index contributed by atoms with van der Waals surface area (Å²) in [6, 6.07) is 30.1. The van der Waals surface area contributed by atoms with Crippen molar-refractivity contribution in [3.05, 3.63) is 137 Å². The summed E-state index contributed by atoms with van der Waals surface area (Å²) in [7, 11) is -2.42. The minimum absolute atomic E-state index is 0.00871. The van der Waals surface area contributed by atoms with Crippen LogP contribution in [0.2, 0.25) is 0 Å². The number of hydrogen-bond acceptors (Lipinski definition) is 7. The van der Waals surface area contributed by atoms with Gasteiger partial charge in [0.15, 0.2) is 0 Å². The summed E-state index contributed by atoms with van der Waals surface area (Å²) in [6.45, 7) is 3.12. The van der Waals surface area contributed by atoms with Crippen LogP contribution in [-0.2, 0) is 27.8 Å². The van der Waals surface area contributed by atoms with Gasteiger partial charge >= 0.3 is 0 Å². The Labute approximate surface area is 293 Å². The molecular weight excluding hydrogens is 655 g/mol. The average Bonchev–Trinajstić information content (AvgIpc) is 3.12. The Morgan fingerprint density at radius 2 is 1.42 bits per heavy atom. The van der Waals surface area contributed by atoms with Crippen LogP contribution in [0.3, 0.4) is 0 Å². The standard InChI is InChI=1S/C38H43N5O6S/c1-26(29-17-11-6-12-18-29)40-36(45)30-22-31(24-32(23-30)42(2)50(3,48)49)37(46)41-33(21-27-13-7-4-8-14-27)35(44)34-38(47)43(20-19-39-34)25-28-15-9-5-10-16-28/h4-18,22-24,26,33-35,39,44H,19-21,25H2,1-3H3,(H,40,45)(H,41,46)/t26-,33+,34+,35+/m1/s1. The van der Waals surface area contributed by atoms with E-state index in [4.69, 9.17) is 0 Å². The molecule has 1 heterocycles. The Kier molecular flexibility index (Phi) is 11.7. The van der Waals surface area contributed by atoms with Gasteiger partial charge in [-0.05, 0) is 48.2 Å². The lowest BCUT2D eigenvalue weighted by Gasteiger charge is -2.38.